The van der Waals surface area contributed by atoms with Crippen molar-refractivity contribution in [2.45, 2.75) is 58.1 Å². The third-order valence-electron chi connectivity index (χ3n) is 3.76. The summed E-state index contributed by atoms with van der Waals surface area (Å²) in [5, 5.41) is 3.58. The molecule has 1 atom stereocenters. The second-order valence-corrected chi connectivity index (χ2v) is 5.81. The normalized spacial score (nSPS) is 21.4. The molecule has 1 aliphatic rings. The van der Waals surface area contributed by atoms with Gasteiger partial charge in [0.05, 0.1) is 5.60 Å². The summed E-state index contributed by atoms with van der Waals surface area (Å²) >= 11 is 0. The third-order valence-corrected chi connectivity index (χ3v) is 3.76. The van der Waals surface area contributed by atoms with E-state index in [0.717, 1.165) is 13.0 Å². The van der Waals surface area contributed by atoms with Crippen LogP contribution in [-0.4, -0.2) is 49.8 Å². The minimum atomic E-state index is 0.00902. The molecule has 102 valence electrons. The van der Waals surface area contributed by atoms with E-state index in [9.17, 15) is 0 Å². The Kier molecular flexibility index (Phi) is 6.45. The van der Waals surface area contributed by atoms with Crippen LogP contribution in [0, 0.1) is 0 Å². The zero-order chi connectivity index (χ0) is 12.7. The van der Waals surface area contributed by atoms with Crippen LogP contribution in [0.2, 0.25) is 0 Å². The lowest BCUT2D eigenvalue weighted by Crippen LogP contribution is -2.40. The zero-order valence-corrected chi connectivity index (χ0v) is 12.1. The third kappa shape index (κ3) is 5.84. The first-order valence-electron chi connectivity index (χ1n) is 7.08. The van der Waals surface area contributed by atoms with Gasteiger partial charge in [0.25, 0.3) is 0 Å². The van der Waals surface area contributed by atoms with Gasteiger partial charge < -0.3 is 15.0 Å². The van der Waals surface area contributed by atoms with Gasteiger partial charge in [-0.15, -0.1) is 0 Å². The summed E-state index contributed by atoms with van der Waals surface area (Å²) in [6.07, 6.45) is 5.03. The molecule has 0 aromatic carbocycles. The minimum absolute atomic E-state index is 0.00902. The fourth-order valence-electron chi connectivity index (χ4n) is 2.36. The second-order valence-electron chi connectivity index (χ2n) is 5.81. The van der Waals surface area contributed by atoms with Crippen LogP contribution in [0.5, 0.6) is 0 Å². The van der Waals surface area contributed by atoms with Gasteiger partial charge in [-0.1, -0.05) is 6.92 Å². The maximum Gasteiger partial charge on any atom is 0.0634 e. The molecular weight excluding hydrogens is 212 g/mol. The van der Waals surface area contributed by atoms with E-state index in [2.05, 4.69) is 31.0 Å². The summed E-state index contributed by atoms with van der Waals surface area (Å²) < 4.78 is 5.49. The van der Waals surface area contributed by atoms with Gasteiger partial charge in [0.15, 0.2) is 0 Å². The molecule has 1 aliphatic heterocycles. The van der Waals surface area contributed by atoms with E-state index in [4.69, 9.17) is 4.74 Å². The van der Waals surface area contributed by atoms with E-state index in [1.54, 1.807) is 0 Å². The fourth-order valence-corrected chi connectivity index (χ4v) is 2.36. The molecule has 0 aromatic heterocycles. The molecule has 1 saturated heterocycles. The minimum Gasteiger partial charge on any atom is -0.379 e. The summed E-state index contributed by atoms with van der Waals surface area (Å²) in [5.41, 5.74) is 0.00902. The van der Waals surface area contributed by atoms with Crippen LogP contribution in [0.3, 0.4) is 0 Å². The average Bonchev–Trinajstić information content (AvgIpc) is 2.79. The number of nitrogens with zero attached hydrogens (tertiary/aromatic N) is 1. The molecule has 0 bridgehead atoms. The number of nitrogens with one attached hydrogen (secondary N) is 1. The van der Waals surface area contributed by atoms with E-state index in [0.29, 0.717) is 6.04 Å². The van der Waals surface area contributed by atoms with Gasteiger partial charge in [-0.3, -0.25) is 0 Å². The van der Waals surface area contributed by atoms with Crippen molar-refractivity contribution in [1.29, 1.82) is 0 Å². The molecule has 3 heteroatoms. The summed E-state index contributed by atoms with van der Waals surface area (Å²) in [6, 6.07) is 0.715. The van der Waals surface area contributed by atoms with Gasteiger partial charge in [-0.2, -0.15) is 0 Å². The van der Waals surface area contributed by atoms with Crippen LogP contribution in [0.1, 0.15) is 46.5 Å². The maximum atomic E-state index is 5.49. The topological polar surface area (TPSA) is 24.5 Å². The first kappa shape index (κ1) is 14.9. The van der Waals surface area contributed by atoms with Gasteiger partial charge in [0.1, 0.15) is 0 Å². The Morgan fingerprint density at radius 1 is 1.35 bits per heavy atom. The van der Waals surface area contributed by atoms with Crippen LogP contribution in [0.4, 0.5) is 0 Å². The highest BCUT2D eigenvalue weighted by Crippen LogP contribution is 2.15. The molecule has 0 aliphatic carbocycles. The summed E-state index contributed by atoms with van der Waals surface area (Å²) in [6.45, 7) is 11.4. The lowest BCUT2D eigenvalue weighted by Gasteiger charge is -2.30. The molecule has 0 amide bonds. The van der Waals surface area contributed by atoms with Crippen molar-refractivity contribution in [2.75, 3.05) is 33.3 Å². The Bertz CT molecular complexity index is 200. The molecule has 1 rings (SSSR count). The molecule has 0 saturated carbocycles. The molecule has 1 fully saturated rings. The van der Waals surface area contributed by atoms with Crippen LogP contribution in [0.15, 0.2) is 0 Å². The number of hydrogen-bond acceptors (Lipinski definition) is 3. The Morgan fingerprint density at radius 2 is 2.12 bits per heavy atom. The second kappa shape index (κ2) is 7.34. The highest BCUT2D eigenvalue weighted by molar-refractivity contribution is 4.79. The molecule has 0 aromatic rings. The molecule has 1 heterocycles. The first-order chi connectivity index (χ1) is 8.07. The first-order valence-corrected chi connectivity index (χ1v) is 7.08. The Labute approximate surface area is 107 Å². The molecule has 0 spiro atoms. The van der Waals surface area contributed by atoms with E-state index < -0.39 is 0 Å². The lowest BCUT2D eigenvalue weighted by molar-refractivity contribution is 0.00689. The van der Waals surface area contributed by atoms with Gasteiger partial charge in [0, 0.05) is 26.2 Å². The maximum absolute atomic E-state index is 5.49. The molecule has 3 nitrogen and oxygen atoms in total. The van der Waals surface area contributed by atoms with Gasteiger partial charge >= 0.3 is 0 Å². The van der Waals surface area contributed by atoms with E-state index in [1.165, 1.54) is 38.9 Å². The fraction of sp³-hybridized carbons (Fsp3) is 1.00. The van der Waals surface area contributed by atoms with Crippen molar-refractivity contribution in [1.82, 2.24) is 10.2 Å². The van der Waals surface area contributed by atoms with E-state index >= 15 is 0 Å². The molecule has 0 radical (unpaired) electrons. The monoisotopic (exact) mass is 242 g/mol. The van der Waals surface area contributed by atoms with Crippen molar-refractivity contribution in [3.8, 4) is 0 Å². The number of methoxy groups -OCH3 is 1. The Hall–Kier alpha value is -0.120. The predicted octanol–water partition coefficient (Wildman–Crippen LogP) is 2.27. The molecular formula is C14H30N2O. The van der Waals surface area contributed by atoms with Crippen LogP contribution in [0.25, 0.3) is 0 Å². The highest BCUT2D eigenvalue weighted by Gasteiger charge is 2.21. The van der Waals surface area contributed by atoms with Gasteiger partial charge in [-0.05, 0) is 52.6 Å². The SMILES string of the molecule is CCCN(CCC(C)(C)OC)CC1CCCN1. The smallest absolute Gasteiger partial charge is 0.0634 e. The summed E-state index contributed by atoms with van der Waals surface area (Å²) in [5.74, 6) is 0. The molecule has 1 unspecified atom stereocenters. The lowest BCUT2D eigenvalue weighted by atomic mass is 10.0. The number of hydrogen-bond donors (Lipinski definition) is 1. The van der Waals surface area contributed by atoms with Gasteiger partial charge in [0.2, 0.25) is 0 Å². The van der Waals surface area contributed by atoms with E-state index in [-0.39, 0.29) is 5.60 Å². The van der Waals surface area contributed by atoms with Crippen molar-refractivity contribution in [3.63, 3.8) is 0 Å². The summed E-state index contributed by atoms with van der Waals surface area (Å²) in [7, 11) is 1.81. The van der Waals surface area contributed by atoms with E-state index in [1.807, 2.05) is 7.11 Å². The molecule has 17 heavy (non-hydrogen) atoms. The predicted molar refractivity (Wildman–Crippen MR) is 73.5 cm³/mol. The highest BCUT2D eigenvalue weighted by atomic mass is 16.5. The summed E-state index contributed by atoms with van der Waals surface area (Å²) in [4.78, 5) is 2.59. The van der Waals surface area contributed by atoms with Crippen molar-refractivity contribution in [2.24, 2.45) is 0 Å². The average molecular weight is 242 g/mol. The quantitative estimate of drug-likeness (QED) is 0.706. The van der Waals surface area contributed by atoms with Crippen molar-refractivity contribution in [3.05, 3.63) is 0 Å². The van der Waals surface area contributed by atoms with Crippen molar-refractivity contribution < 1.29 is 4.74 Å². The Balaban J connectivity index is 2.31. The standard InChI is InChI=1S/C14H30N2O/c1-5-10-16(11-8-14(2,3)17-4)12-13-7-6-9-15-13/h13,15H,5-12H2,1-4H3. The van der Waals surface area contributed by atoms with Gasteiger partial charge in [-0.25, -0.2) is 0 Å². The molecule has 1 N–H and O–H groups in total. The van der Waals surface area contributed by atoms with Crippen LogP contribution >= 0.6 is 0 Å². The zero-order valence-electron chi connectivity index (χ0n) is 12.1. The Morgan fingerprint density at radius 3 is 2.65 bits per heavy atom. The van der Waals surface area contributed by atoms with Crippen molar-refractivity contribution >= 4 is 0 Å². The van der Waals surface area contributed by atoms with Crippen LogP contribution in [-0.2, 0) is 4.74 Å². The number of rotatable bonds is 8. The van der Waals surface area contributed by atoms with Crippen LogP contribution < -0.4 is 5.32 Å². The number of ether oxygens (including phenoxy) is 1. The largest absolute Gasteiger partial charge is 0.379 e.